The van der Waals surface area contributed by atoms with Crippen LogP contribution in [-0.2, 0) is 17.8 Å². The van der Waals surface area contributed by atoms with Gasteiger partial charge in [0.15, 0.2) is 0 Å². The summed E-state index contributed by atoms with van der Waals surface area (Å²) in [6, 6.07) is 17.3. The fourth-order valence-corrected chi connectivity index (χ4v) is 4.21. The average molecular weight is 424 g/mol. The first-order valence-electron chi connectivity index (χ1n) is 10.3. The van der Waals surface area contributed by atoms with E-state index in [9.17, 15) is 4.79 Å². The summed E-state index contributed by atoms with van der Waals surface area (Å²) in [7, 11) is 0. The van der Waals surface area contributed by atoms with Crippen LogP contribution in [0, 0.1) is 0 Å². The molecule has 1 aromatic heterocycles. The van der Waals surface area contributed by atoms with Crippen molar-refractivity contribution in [3.05, 3.63) is 76.4 Å². The van der Waals surface area contributed by atoms with Crippen molar-refractivity contribution in [1.82, 2.24) is 15.2 Å². The summed E-state index contributed by atoms with van der Waals surface area (Å²) < 4.78 is 5.84. The zero-order valence-electron chi connectivity index (χ0n) is 17.3. The van der Waals surface area contributed by atoms with Crippen molar-refractivity contribution in [3.8, 4) is 0 Å². The number of morpholine rings is 1. The summed E-state index contributed by atoms with van der Waals surface area (Å²) in [6.07, 6.45) is 0.468. The molecule has 0 spiro atoms. The highest BCUT2D eigenvalue weighted by molar-refractivity contribution is 6.29. The maximum absolute atomic E-state index is 12.7. The number of amides is 1. The van der Waals surface area contributed by atoms with Crippen LogP contribution < -0.4 is 5.32 Å². The third-order valence-corrected chi connectivity index (χ3v) is 5.57. The number of carbonyl (C=O) groups excluding carboxylic acids is 1. The van der Waals surface area contributed by atoms with Gasteiger partial charge in [-0.05, 0) is 55.3 Å². The zero-order valence-corrected chi connectivity index (χ0v) is 18.0. The number of aromatic nitrogens is 1. The second-order valence-electron chi connectivity index (χ2n) is 7.94. The Balaban J connectivity index is 1.43. The molecular weight excluding hydrogens is 398 g/mol. The monoisotopic (exact) mass is 423 g/mol. The van der Waals surface area contributed by atoms with Crippen LogP contribution in [0.1, 0.15) is 35.3 Å². The topological polar surface area (TPSA) is 54.5 Å². The molecule has 2 aromatic carbocycles. The molecule has 1 aliphatic heterocycles. The van der Waals surface area contributed by atoms with E-state index in [4.69, 9.17) is 16.3 Å². The molecule has 2 heterocycles. The molecule has 1 aliphatic rings. The number of fused-ring (bicyclic) bond motifs is 1. The van der Waals surface area contributed by atoms with E-state index in [1.54, 1.807) is 12.1 Å². The Hall–Kier alpha value is -2.47. The lowest BCUT2D eigenvalue weighted by atomic mass is 10.1. The summed E-state index contributed by atoms with van der Waals surface area (Å²) in [4.78, 5) is 19.4. The van der Waals surface area contributed by atoms with Crippen LogP contribution in [0.15, 0.2) is 54.6 Å². The van der Waals surface area contributed by atoms with E-state index in [0.717, 1.165) is 36.1 Å². The lowest BCUT2D eigenvalue weighted by Gasteiger charge is -2.35. The third kappa shape index (κ3) is 4.98. The minimum Gasteiger partial charge on any atom is -0.373 e. The van der Waals surface area contributed by atoms with Crippen LogP contribution in [0.5, 0.6) is 0 Å². The number of benzene rings is 2. The summed E-state index contributed by atoms with van der Waals surface area (Å²) in [5.41, 5.74) is 3.75. The molecule has 30 heavy (non-hydrogen) atoms. The lowest BCUT2D eigenvalue weighted by molar-refractivity contribution is -0.0705. The van der Waals surface area contributed by atoms with E-state index >= 15 is 0 Å². The summed E-state index contributed by atoms with van der Waals surface area (Å²) in [5, 5.41) is 4.39. The first kappa shape index (κ1) is 20.8. The smallest absolute Gasteiger partial charge is 0.251 e. The Morgan fingerprint density at radius 2 is 1.83 bits per heavy atom. The zero-order chi connectivity index (χ0) is 21.1. The molecule has 1 fully saturated rings. The molecule has 156 valence electrons. The van der Waals surface area contributed by atoms with E-state index < -0.39 is 0 Å². The lowest BCUT2D eigenvalue weighted by Crippen LogP contribution is -2.45. The third-order valence-electron chi connectivity index (χ3n) is 5.36. The molecule has 5 nitrogen and oxygen atoms in total. The number of hydrogen-bond donors (Lipinski definition) is 1. The molecule has 3 aromatic rings. The van der Waals surface area contributed by atoms with Crippen molar-refractivity contribution in [2.45, 2.75) is 39.1 Å². The number of ether oxygens (including phenoxy) is 1. The fraction of sp³-hybridized carbons (Fsp3) is 0.333. The second kappa shape index (κ2) is 9.13. The number of pyridine rings is 1. The molecule has 4 rings (SSSR count). The first-order chi connectivity index (χ1) is 14.5. The van der Waals surface area contributed by atoms with Gasteiger partial charge in [0.2, 0.25) is 0 Å². The van der Waals surface area contributed by atoms with Gasteiger partial charge in [-0.1, -0.05) is 35.9 Å². The van der Waals surface area contributed by atoms with Gasteiger partial charge in [-0.25, -0.2) is 4.98 Å². The van der Waals surface area contributed by atoms with E-state index in [1.165, 1.54) is 5.56 Å². The van der Waals surface area contributed by atoms with E-state index in [2.05, 4.69) is 47.2 Å². The van der Waals surface area contributed by atoms with Crippen LogP contribution >= 0.6 is 11.6 Å². The Morgan fingerprint density at radius 3 is 2.60 bits per heavy atom. The minimum absolute atomic E-state index is 0.102. The highest BCUT2D eigenvalue weighted by Crippen LogP contribution is 2.19. The summed E-state index contributed by atoms with van der Waals surface area (Å²) >= 11 is 5.94. The van der Waals surface area contributed by atoms with E-state index in [1.807, 2.05) is 24.3 Å². The maximum atomic E-state index is 12.7. The molecule has 2 atom stereocenters. The summed E-state index contributed by atoms with van der Waals surface area (Å²) in [6.45, 7) is 7.40. The van der Waals surface area contributed by atoms with Gasteiger partial charge in [-0.3, -0.25) is 9.69 Å². The molecule has 2 unspecified atom stereocenters. The first-order valence-corrected chi connectivity index (χ1v) is 10.6. The standard InChI is InChI=1S/C24H26ClN3O2/c1-16-13-28(14-17(2)30-16)15-21-6-4-3-5-20(21)12-26-24(29)19-7-9-22-18(11-19)8-10-23(25)27-22/h3-11,16-17H,12-15H2,1-2H3,(H,26,29). The van der Waals surface area contributed by atoms with Gasteiger partial charge in [-0.15, -0.1) is 0 Å². The van der Waals surface area contributed by atoms with Crippen LogP contribution in [0.3, 0.4) is 0 Å². The van der Waals surface area contributed by atoms with Gasteiger partial charge in [0.05, 0.1) is 17.7 Å². The van der Waals surface area contributed by atoms with Gasteiger partial charge < -0.3 is 10.1 Å². The molecule has 1 saturated heterocycles. The molecule has 0 saturated carbocycles. The quantitative estimate of drug-likeness (QED) is 0.617. The Labute approximate surface area is 182 Å². The average Bonchev–Trinajstić information content (AvgIpc) is 2.71. The minimum atomic E-state index is -0.102. The van der Waals surface area contributed by atoms with Gasteiger partial charge in [-0.2, -0.15) is 0 Å². The van der Waals surface area contributed by atoms with Crippen molar-refractivity contribution in [2.75, 3.05) is 13.1 Å². The van der Waals surface area contributed by atoms with Gasteiger partial charge in [0.25, 0.3) is 5.91 Å². The van der Waals surface area contributed by atoms with Gasteiger partial charge >= 0.3 is 0 Å². The molecule has 1 amide bonds. The predicted molar refractivity (Wildman–Crippen MR) is 120 cm³/mol. The highest BCUT2D eigenvalue weighted by atomic mass is 35.5. The van der Waals surface area contributed by atoms with Gasteiger partial charge in [0.1, 0.15) is 5.15 Å². The maximum Gasteiger partial charge on any atom is 0.251 e. The number of carbonyl (C=O) groups is 1. The van der Waals surface area contributed by atoms with E-state index in [-0.39, 0.29) is 18.1 Å². The van der Waals surface area contributed by atoms with Crippen molar-refractivity contribution < 1.29 is 9.53 Å². The number of rotatable bonds is 5. The van der Waals surface area contributed by atoms with E-state index in [0.29, 0.717) is 17.3 Å². The highest BCUT2D eigenvalue weighted by Gasteiger charge is 2.22. The Bertz CT molecular complexity index is 1050. The van der Waals surface area contributed by atoms with Crippen molar-refractivity contribution >= 4 is 28.4 Å². The molecule has 0 aliphatic carbocycles. The van der Waals surface area contributed by atoms with Crippen LogP contribution in [0.25, 0.3) is 10.9 Å². The number of nitrogens with zero attached hydrogens (tertiary/aromatic N) is 2. The molecule has 0 radical (unpaired) electrons. The Kier molecular flexibility index (Phi) is 6.32. The SMILES string of the molecule is CC1CN(Cc2ccccc2CNC(=O)c2ccc3nc(Cl)ccc3c2)CC(C)O1. The fourth-order valence-electron chi connectivity index (χ4n) is 4.06. The second-order valence-corrected chi connectivity index (χ2v) is 8.33. The van der Waals surface area contributed by atoms with Crippen LogP contribution in [0.4, 0.5) is 0 Å². The molecular formula is C24H26ClN3O2. The molecule has 1 N–H and O–H groups in total. The van der Waals surface area contributed by atoms with Crippen molar-refractivity contribution in [1.29, 1.82) is 0 Å². The van der Waals surface area contributed by atoms with Crippen LogP contribution in [-0.4, -0.2) is 41.1 Å². The largest absolute Gasteiger partial charge is 0.373 e. The van der Waals surface area contributed by atoms with Gasteiger partial charge in [0, 0.05) is 37.1 Å². The normalized spacial score (nSPS) is 19.7. The molecule has 0 bridgehead atoms. The Morgan fingerprint density at radius 1 is 1.10 bits per heavy atom. The van der Waals surface area contributed by atoms with Crippen LogP contribution in [0.2, 0.25) is 5.15 Å². The number of nitrogens with one attached hydrogen (secondary N) is 1. The number of halogens is 1. The van der Waals surface area contributed by atoms with Crippen molar-refractivity contribution in [3.63, 3.8) is 0 Å². The predicted octanol–water partition coefficient (Wildman–Crippen LogP) is 4.43. The van der Waals surface area contributed by atoms with Crippen molar-refractivity contribution in [2.24, 2.45) is 0 Å². The molecule has 6 heteroatoms. The number of hydrogen-bond acceptors (Lipinski definition) is 4. The summed E-state index contributed by atoms with van der Waals surface area (Å²) in [5.74, 6) is -0.102.